The minimum atomic E-state index is -0.622. The molecule has 5 heteroatoms. The van der Waals surface area contributed by atoms with Crippen molar-refractivity contribution in [2.45, 2.75) is 59.5 Å². The van der Waals surface area contributed by atoms with E-state index in [1.807, 2.05) is 11.4 Å². The van der Waals surface area contributed by atoms with Crippen molar-refractivity contribution in [3.05, 3.63) is 0 Å². The van der Waals surface area contributed by atoms with Crippen LogP contribution in [0.1, 0.15) is 47.5 Å². The first-order valence-corrected chi connectivity index (χ1v) is 9.06. The lowest BCUT2D eigenvalue weighted by Crippen LogP contribution is -2.32. The standard InChI is InChI=1S/C12H25N2OPS/c1-6-10-17-16(15-9-7-8-13)14(11(2)3)12(4)5/h11-12H,6-7,9-10H2,1-5H3. The predicted molar refractivity (Wildman–Crippen MR) is 78.0 cm³/mol. The van der Waals surface area contributed by atoms with Gasteiger partial charge in [0.1, 0.15) is 0 Å². The summed E-state index contributed by atoms with van der Waals surface area (Å²) in [5.74, 6) is 1.12. The minimum absolute atomic E-state index is 0.479. The number of hydrogen-bond acceptors (Lipinski definition) is 4. The summed E-state index contributed by atoms with van der Waals surface area (Å²) >= 11 is 1.90. The van der Waals surface area contributed by atoms with Gasteiger partial charge in [0.25, 0.3) is 0 Å². The molecule has 0 N–H and O–H groups in total. The van der Waals surface area contributed by atoms with Gasteiger partial charge in [0.15, 0.2) is 7.50 Å². The molecule has 17 heavy (non-hydrogen) atoms. The van der Waals surface area contributed by atoms with Crippen molar-refractivity contribution in [2.24, 2.45) is 0 Å². The molecular formula is C12H25N2OPS. The van der Waals surface area contributed by atoms with Crippen LogP contribution in [-0.2, 0) is 4.52 Å². The molecule has 0 aromatic heterocycles. The zero-order chi connectivity index (χ0) is 13.3. The second-order valence-corrected chi connectivity index (χ2v) is 7.95. The van der Waals surface area contributed by atoms with E-state index in [1.165, 1.54) is 0 Å². The van der Waals surface area contributed by atoms with Crippen LogP contribution in [0.3, 0.4) is 0 Å². The summed E-state index contributed by atoms with van der Waals surface area (Å²) in [7, 11) is -0.622. The lowest BCUT2D eigenvalue weighted by atomic mass is 10.3. The Hall–Kier alpha value is 0.190. The summed E-state index contributed by atoms with van der Waals surface area (Å²) in [5, 5.41) is 8.57. The van der Waals surface area contributed by atoms with Crippen molar-refractivity contribution >= 4 is 18.9 Å². The number of nitrogens with zero attached hydrogens (tertiary/aromatic N) is 2. The maximum Gasteiger partial charge on any atom is 0.169 e. The van der Waals surface area contributed by atoms with Crippen LogP contribution >= 0.6 is 18.9 Å². The molecule has 0 aliphatic carbocycles. The van der Waals surface area contributed by atoms with E-state index in [0.717, 1.165) is 12.2 Å². The van der Waals surface area contributed by atoms with Gasteiger partial charge >= 0.3 is 0 Å². The normalized spacial score (nSPS) is 13.4. The van der Waals surface area contributed by atoms with Crippen LogP contribution in [0.2, 0.25) is 0 Å². The van der Waals surface area contributed by atoms with Crippen molar-refractivity contribution in [3.8, 4) is 6.07 Å². The van der Waals surface area contributed by atoms with Gasteiger partial charge in [-0.2, -0.15) is 5.26 Å². The maximum atomic E-state index is 8.57. The molecular weight excluding hydrogens is 251 g/mol. The Kier molecular flexibility index (Phi) is 10.3. The highest BCUT2D eigenvalue weighted by molar-refractivity contribution is 8.53. The monoisotopic (exact) mass is 276 g/mol. The van der Waals surface area contributed by atoms with Crippen molar-refractivity contribution < 1.29 is 4.52 Å². The highest BCUT2D eigenvalue weighted by atomic mass is 32.7. The second kappa shape index (κ2) is 10.1. The topological polar surface area (TPSA) is 36.3 Å². The molecule has 1 atom stereocenters. The van der Waals surface area contributed by atoms with Gasteiger partial charge in [-0.25, -0.2) is 4.67 Å². The average Bonchev–Trinajstić information content (AvgIpc) is 2.24. The number of nitriles is 1. The van der Waals surface area contributed by atoms with Crippen LogP contribution in [0.25, 0.3) is 0 Å². The first kappa shape index (κ1) is 17.2. The zero-order valence-electron chi connectivity index (χ0n) is 11.6. The van der Waals surface area contributed by atoms with E-state index in [9.17, 15) is 0 Å². The van der Waals surface area contributed by atoms with Gasteiger partial charge in [-0.15, -0.1) is 0 Å². The Morgan fingerprint density at radius 2 is 1.88 bits per heavy atom. The van der Waals surface area contributed by atoms with Crippen LogP contribution in [0, 0.1) is 11.3 Å². The van der Waals surface area contributed by atoms with Crippen LogP contribution in [0.5, 0.6) is 0 Å². The molecule has 1 unspecified atom stereocenters. The van der Waals surface area contributed by atoms with Crippen molar-refractivity contribution in [3.63, 3.8) is 0 Å². The third kappa shape index (κ3) is 7.26. The predicted octanol–water partition coefficient (Wildman–Crippen LogP) is 4.41. The highest BCUT2D eigenvalue weighted by Crippen LogP contribution is 2.56. The van der Waals surface area contributed by atoms with E-state index in [1.54, 1.807) is 0 Å². The van der Waals surface area contributed by atoms with Gasteiger partial charge in [0.05, 0.1) is 19.1 Å². The smallest absolute Gasteiger partial charge is 0.169 e. The van der Waals surface area contributed by atoms with Gasteiger partial charge in [0.2, 0.25) is 0 Å². The zero-order valence-corrected chi connectivity index (χ0v) is 13.4. The number of hydrogen-bond donors (Lipinski definition) is 0. The molecule has 0 bridgehead atoms. The molecule has 0 heterocycles. The van der Waals surface area contributed by atoms with Crippen LogP contribution in [0.15, 0.2) is 0 Å². The molecule has 0 rings (SSSR count). The SMILES string of the molecule is CCCSP(OCCC#N)N(C(C)C)C(C)C. The van der Waals surface area contributed by atoms with Crippen LogP contribution < -0.4 is 0 Å². The largest absolute Gasteiger partial charge is 0.334 e. The summed E-state index contributed by atoms with van der Waals surface area (Å²) in [6.45, 7) is 11.6. The maximum absolute atomic E-state index is 8.57. The van der Waals surface area contributed by atoms with E-state index in [2.05, 4.69) is 45.4 Å². The molecule has 0 aromatic carbocycles. The molecule has 3 nitrogen and oxygen atoms in total. The Morgan fingerprint density at radius 1 is 1.29 bits per heavy atom. The van der Waals surface area contributed by atoms with E-state index in [-0.39, 0.29) is 0 Å². The summed E-state index contributed by atoms with van der Waals surface area (Å²) in [6, 6.07) is 3.09. The molecule has 0 aliphatic heterocycles. The summed E-state index contributed by atoms with van der Waals surface area (Å²) in [4.78, 5) is 0. The molecule has 0 aromatic rings. The second-order valence-electron chi connectivity index (χ2n) is 4.38. The van der Waals surface area contributed by atoms with Gasteiger partial charge in [-0.1, -0.05) is 18.3 Å². The Morgan fingerprint density at radius 3 is 2.29 bits per heavy atom. The van der Waals surface area contributed by atoms with Gasteiger partial charge in [-0.3, -0.25) is 0 Å². The minimum Gasteiger partial charge on any atom is -0.334 e. The molecule has 0 aliphatic rings. The summed E-state index contributed by atoms with van der Waals surface area (Å²) in [6.07, 6.45) is 1.64. The molecule has 0 amide bonds. The average molecular weight is 276 g/mol. The van der Waals surface area contributed by atoms with Crippen LogP contribution in [-0.4, -0.2) is 29.1 Å². The molecule has 100 valence electrons. The molecule has 0 saturated heterocycles. The highest BCUT2D eigenvalue weighted by Gasteiger charge is 2.25. The third-order valence-corrected chi connectivity index (χ3v) is 6.68. The fourth-order valence-corrected chi connectivity index (χ4v) is 6.16. The van der Waals surface area contributed by atoms with Gasteiger partial charge < -0.3 is 4.52 Å². The lowest BCUT2D eigenvalue weighted by Gasteiger charge is -2.36. The Bertz CT molecular complexity index is 223. The van der Waals surface area contributed by atoms with Crippen molar-refractivity contribution in [1.82, 2.24) is 4.67 Å². The fourth-order valence-electron chi connectivity index (χ4n) is 1.48. The molecule has 0 radical (unpaired) electrons. The van der Waals surface area contributed by atoms with E-state index in [4.69, 9.17) is 9.79 Å². The Balaban J connectivity index is 4.44. The van der Waals surface area contributed by atoms with Gasteiger partial charge in [0, 0.05) is 17.8 Å². The summed E-state index contributed by atoms with van der Waals surface area (Å²) in [5.41, 5.74) is 0. The number of rotatable bonds is 9. The third-order valence-electron chi connectivity index (χ3n) is 2.07. The van der Waals surface area contributed by atoms with E-state index < -0.39 is 7.50 Å². The Labute approximate surface area is 112 Å². The van der Waals surface area contributed by atoms with Gasteiger partial charge in [-0.05, 0) is 34.1 Å². The van der Waals surface area contributed by atoms with E-state index in [0.29, 0.717) is 25.1 Å². The molecule has 0 fully saturated rings. The quantitative estimate of drug-likeness (QED) is 0.462. The molecule has 0 spiro atoms. The summed E-state index contributed by atoms with van der Waals surface area (Å²) < 4.78 is 8.32. The van der Waals surface area contributed by atoms with E-state index >= 15 is 0 Å². The van der Waals surface area contributed by atoms with Crippen molar-refractivity contribution in [2.75, 3.05) is 12.4 Å². The first-order valence-electron chi connectivity index (χ1n) is 6.25. The van der Waals surface area contributed by atoms with Crippen molar-refractivity contribution in [1.29, 1.82) is 5.26 Å². The molecule has 0 saturated carbocycles. The fraction of sp³-hybridized carbons (Fsp3) is 0.917. The lowest BCUT2D eigenvalue weighted by molar-refractivity contribution is 0.266. The first-order chi connectivity index (χ1) is 8.04. The van der Waals surface area contributed by atoms with Crippen LogP contribution in [0.4, 0.5) is 0 Å².